The fourth-order valence-electron chi connectivity index (χ4n) is 3.23. The number of aliphatic hydroxyl groups is 2. The summed E-state index contributed by atoms with van der Waals surface area (Å²) in [6.45, 7) is 4.54. The zero-order chi connectivity index (χ0) is 21.2. The standard InChI is InChI=1S/C22H24O7/c1-13-8-4-6-10-15(13)19(23)27-12-17-18(22(3,26)21(25)28-17)29-20(24)16-11-7-5-9-14(16)2/h4-11,17-18,21,25-26H,12H2,1-3H3/t17-,18-,21-,22-/m1/s1. The molecule has 7 heteroatoms. The molecule has 0 bridgehead atoms. The predicted octanol–water partition coefficient (Wildman–Crippen LogP) is 2.15. The quantitative estimate of drug-likeness (QED) is 0.742. The van der Waals surface area contributed by atoms with Crippen LogP contribution in [0.5, 0.6) is 0 Å². The molecule has 29 heavy (non-hydrogen) atoms. The number of rotatable bonds is 5. The highest BCUT2D eigenvalue weighted by molar-refractivity contribution is 5.91. The van der Waals surface area contributed by atoms with Gasteiger partial charge in [-0.2, -0.15) is 0 Å². The topological polar surface area (TPSA) is 102 Å². The maximum absolute atomic E-state index is 12.6. The first-order chi connectivity index (χ1) is 13.7. The zero-order valence-electron chi connectivity index (χ0n) is 16.5. The van der Waals surface area contributed by atoms with E-state index < -0.39 is 36.0 Å². The van der Waals surface area contributed by atoms with E-state index in [9.17, 15) is 19.8 Å². The number of hydrogen-bond donors (Lipinski definition) is 2. The number of carbonyl (C=O) groups excluding carboxylic acids is 2. The van der Waals surface area contributed by atoms with Gasteiger partial charge in [0.1, 0.15) is 12.7 Å². The third kappa shape index (κ3) is 4.32. The average molecular weight is 400 g/mol. The van der Waals surface area contributed by atoms with E-state index in [1.807, 2.05) is 0 Å². The van der Waals surface area contributed by atoms with Crippen LogP contribution < -0.4 is 0 Å². The van der Waals surface area contributed by atoms with Crippen molar-refractivity contribution in [2.75, 3.05) is 6.61 Å². The van der Waals surface area contributed by atoms with Crippen LogP contribution in [0.3, 0.4) is 0 Å². The summed E-state index contributed by atoms with van der Waals surface area (Å²) in [5.41, 5.74) is 0.322. The van der Waals surface area contributed by atoms with Crippen LogP contribution in [-0.4, -0.2) is 52.9 Å². The van der Waals surface area contributed by atoms with Crippen LogP contribution in [0, 0.1) is 13.8 Å². The smallest absolute Gasteiger partial charge is 0.338 e. The molecule has 1 aliphatic heterocycles. The lowest BCUT2D eigenvalue weighted by atomic mass is 9.97. The monoisotopic (exact) mass is 400 g/mol. The first-order valence-electron chi connectivity index (χ1n) is 9.27. The lowest BCUT2D eigenvalue weighted by Gasteiger charge is -2.27. The molecule has 0 unspecified atom stereocenters. The molecule has 3 rings (SSSR count). The van der Waals surface area contributed by atoms with Gasteiger partial charge in [0.15, 0.2) is 18.0 Å². The molecule has 0 amide bonds. The van der Waals surface area contributed by atoms with Crippen molar-refractivity contribution >= 4 is 11.9 Å². The van der Waals surface area contributed by atoms with Crippen LogP contribution in [-0.2, 0) is 14.2 Å². The molecule has 1 aliphatic rings. The van der Waals surface area contributed by atoms with Crippen molar-refractivity contribution < 1.29 is 34.0 Å². The molecule has 0 spiro atoms. The Morgan fingerprint density at radius 2 is 1.52 bits per heavy atom. The third-order valence-electron chi connectivity index (χ3n) is 5.06. The van der Waals surface area contributed by atoms with Crippen LogP contribution in [0.2, 0.25) is 0 Å². The van der Waals surface area contributed by atoms with E-state index in [0.717, 1.165) is 5.56 Å². The summed E-state index contributed by atoms with van der Waals surface area (Å²) in [6, 6.07) is 13.8. The minimum atomic E-state index is -1.86. The van der Waals surface area contributed by atoms with Crippen molar-refractivity contribution in [1.82, 2.24) is 0 Å². The van der Waals surface area contributed by atoms with Gasteiger partial charge in [-0.05, 0) is 44.0 Å². The third-order valence-corrected chi connectivity index (χ3v) is 5.06. The van der Waals surface area contributed by atoms with Crippen LogP contribution in [0.1, 0.15) is 38.8 Å². The Bertz CT molecular complexity index is 906. The molecule has 2 N–H and O–H groups in total. The van der Waals surface area contributed by atoms with Gasteiger partial charge in [-0.1, -0.05) is 36.4 Å². The summed E-state index contributed by atoms with van der Waals surface area (Å²) in [6.07, 6.45) is -3.85. The number of hydrogen-bond acceptors (Lipinski definition) is 7. The molecule has 2 aromatic rings. The van der Waals surface area contributed by atoms with Gasteiger partial charge in [0.25, 0.3) is 0 Å². The predicted molar refractivity (Wildman–Crippen MR) is 103 cm³/mol. The van der Waals surface area contributed by atoms with E-state index in [2.05, 4.69) is 0 Å². The van der Waals surface area contributed by atoms with Gasteiger partial charge in [-0.25, -0.2) is 9.59 Å². The van der Waals surface area contributed by atoms with Crippen molar-refractivity contribution in [3.8, 4) is 0 Å². The normalized spacial score (nSPS) is 26.2. The Kier molecular flexibility index (Phi) is 6.02. The Balaban J connectivity index is 1.73. The molecule has 0 saturated carbocycles. The van der Waals surface area contributed by atoms with E-state index in [1.165, 1.54) is 6.92 Å². The lowest BCUT2D eigenvalue weighted by molar-refractivity contribution is -0.170. The van der Waals surface area contributed by atoms with E-state index in [-0.39, 0.29) is 6.61 Å². The van der Waals surface area contributed by atoms with E-state index >= 15 is 0 Å². The highest BCUT2D eigenvalue weighted by atomic mass is 16.7. The summed E-state index contributed by atoms with van der Waals surface area (Å²) in [5.74, 6) is -1.24. The summed E-state index contributed by atoms with van der Waals surface area (Å²) in [5, 5.41) is 20.7. The molecule has 2 aromatic carbocycles. The Morgan fingerprint density at radius 1 is 1.00 bits per heavy atom. The number of esters is 2. The zero-order valence-corrected chi connectivity index (χ0v) is 16.5. The molecule has 0 radical (unpaired) electrons. The van der Waals surface area contributed by atoms with Crippen LogP contribution in [0.25, 0.3) is 0 Å². The van der Waals surface area contributed by atoms with Gasteiger partial charge in [-0.15, -0.1) is 0 Å². The van der Waals surface area contributed by atoms with Crippen LogP contribution in [0.4, 0.5) is 0 Å². The van der Waals surface area contributed by atoms with Gasteiger partial charge in [0.2, 0.25) is 0 Å². The number of benzene rings is 2. The fourth-order valence-corrected chi connectivity index (χ4v) is 3.23. The second-order valence-electron chi connectivity index (χ2n) is 7.31. The van der Waals surface area contributed by atoms with Gasteiger partial charge >= 0.3 is 11.9 Å². The molecule has 1 saturated heterocycles. The second kappa shape index (κ2) is 8.32. The first-order valence-corrected chi connectivity index (χ1v) is 9.27. The molecule has 7 nitrogen and oxygen atoms in total. The molecule has 154 valence electrons. The Hall–Kier alpha value is -2.74. The SMILES string of the molecule is Cc1ccccc1C(=O)OC[C@H]1O[C@@H](O)[C@](C)(O)[C@@H]1OC(=O)c1ccccc1C. The Labute approximate surface area is 168 Å². The molecule has 0 aromatic heterocycles. The Morgan fingerprint density at radius 3 is 2.07 bits per heavy atom. The van der Waals surface area contributed by atoms with Gasteiger partial charge in [-0.3, -0.25) is 0 Å². The van der Waals surface area contributed by atoms with Gasteiger partial charge in [0, 0.05) is 0 Å². The summed E-state index contributed by atoms with van der Waals surface area (Å²) in [7, 11) is 0. The number of carbonyl (C=O) groups is 2. The number of ether oxygens (including phenoxy) is 3. The van der Waals surface area contributed by atoms with Crippen molar-refractivity contribution in [3.63, 3.8) is 0 Å². The summed E-state index contributed by atoms with van der Waals surface area (Å²) >= 11 is 0. The van der Waals surface area contributed by atoms with Gasteiger partial charge < -0.3 is 24.4 Å². The molecule has 1 heterocycles. The van der Waals surface area contributed by atoms with Gasteiger partial charge in [0.05, 0.1) is 11.1 Å². The fraction of sp³-hybridized carbons (Fsp3) is 0.364. The maximum atomic E-state index is 12.6. The minimum Gasteiger partial charge on any atom is -0.459 e. The van der Waals surface area contributed by atoms with Crippen molar-refractivity contribution in [3.05, 3.63) is 70.8 Å². The maximum Gasteiger partial charge on any atom is 0.338 e. The largest absolute Gasteiger partial charge is 0.459 e. The second-order valence-corrected chi connectivity index (χ2v) is 7.31. The molecule has 1 fully saturated rings. The average Bonchev–Trinajstić information content (AvgIpc) is 2.89. The number of aryl methyl sites for hydroxylation is 2. The minimum absolute atomic E-state index is 0.300. The molecule has 4 atom stereocenters. The van der Waals surface area contributed by atoms with E-state index in [1.54, 1.807) is 62.4 Å². The lowest BCUT2D eigenvalue weighted by Crippen LogP contribution is -2.48. The van der Waals surface area contributed by atoms with Crippen LogP contribution in [0.15, 0.2) is 48.5 Å². The molecule has 0 aliphatic carbocycles. The highest BCUT2D eigenvalue weighted by Gasteiger charge is 2.55. The highest BCUT2D eigenvalue weighted by Crippen LogP contribution is 2.33. The van der Waals surface area contributed by atoms with Crippen molar-refractivity contribution in [2.24, 2.45) is 0 Å². The van der Waals surface area contributed by atoms with E-state index in [4.69, 9.17) is 14.2 Å². The van der Waals surface area contributed by atoms with E-state index in [0.29, 0.717) is 16.7 Å². The molecular weight excluding hydrogens is 376 g/mol. The van der Waals surface area contributed by atoms with Crippen molar-refractivity contribution in [2.45, 2.75) is 44.9 Å². The molecular formula is C22H24O7. The first kappa shape index (κ1) is 21.0. The van der Waals surface area contributed by atoms with Crippen LogP contribution >= 0.6 is 0 Å². The van der Waals surface area contributed by atoms with Crippen molar-refractivity contribution in [1.29, 1.82) is 0 Å². The summed E-state index contributed by atoms with van der Waals surface area (Å²) < 4.78 is 16.1. The number of aliphatic hydroxyl groups excluding tert-OH is 1. The summed E-state index contributed by atoms with van der Waals surface area (Å²) in [4.78, 5) is 24.9.